The first-order valence-corrected chi connectivity index (χ1v) is 7.73. The van der Waals surface area contributed by atoms with Crippen molar-refractivity contribution >= 4 is 5.69 Å². The maximum absolute atomic E-state index is 11.0. The lowest BCUT2D eigenvalue weighted by atomic mass is 9.95. The lowest BCUT2D eigenvalue weighted by molar-refractivity contribution is -0.385. The fourth-order valence-electron chi connectivity index (χ4n) is 3.22. The van der Waals surface area contributed by atoms with Crippen LogP contribution in [0, 0.1) is 16.0 Å². The summed E-state index contributed by atoms with van der Waals surface area (Å²) in [6.45, 7) is 6.38. The molecule has 2 unspecified atom stereocenters. The van der Waals surface area contributed by atoms with Gasteiger partial charge in [0.15, 0.2) is 0 Å². The summed E-state index contributed by atoms with van der Waals surface area (Å²) in [6, 6.07) is 7.07. The van der Waals surface area contributed by atoms with E-state index in [0.717, 1.165) is 37.9 Å². The first-order chi connectivity index (χ1) is 9.99. The van der Waals surface area contributed by atoms with Crippen LogP contribution in [0.1, 0.15) is 44.7 Å². The minimum atomic E-state index is -0.335. The molecule has 1 aliphatic heterocycles. The van der Waals surface area contributed by atoms with E-state index in [1.54, 1.807) is 18.2 Å². The van der Waals surface area contributed by atoms with Crippen molar-refractivity contribution in [2.24, 2.45) is 11.7 Å². The molecule has 0 spiro atoms. The highest BCUT2D eigenvalue weighted by Gasteiger charge is 2.29. The molecule has 2 atom stereocenters. The van der Waals surface area contributed by atoms with Gasteiger partial charge in [0.25, 0.3) is 5.69 Å². The van der Waals surface area contributed by atoms with Crippen LogP contribution >= 0.6 is 0 Å². The molecule has 21 heavy (non-hydrogen) atoms. The number of nitro groups is 1. The van der Waals surface area contributed by atoms with E-state index < -0.39 is 0 Å². The molecular formula is C16H25N3O2. The van der Waals surface area contributed by atoms with Crippen LogP contribution in [0.15, 0.2) is 24.3 Å². The standard InChI is InChI=1S/C16H25N3O2/c1-12(2)11-18-9-4-3-8-15(17)16(18)13-6-5-7-14(10-13)19(20)21/h5-7,10,12,15-16H,3-4,8-9,11,17H2,1-2H3. The van der Waals surface area contributed by atoms with Gasteiger partial charge in [0.2, 0.25) is 0 Å². The summed E-state index contributed by atoms with van der Waals surface area (Å²) >= 11 is 0. The lowest BCUT2D eigenvalue weighted by Gasteiger charge is -2.34. The third-order valence-electron chi connectivity index (χ3n) is 4.05. The van der Waals surface area contributed by atoms with Gasteiger partial charge < -0.3 is 5.73 Å². The van der Waals surface area contributed by atoms with Gasteiger partial charge in [-0.25, -0.2) is 0 Å². The van der Waals surface area contributed by atoms with Crippen LogP contribution in [0.25, 0.3) is 0 Å². The highest BCUT2D eigenvalue weighted by atomic mass is 16.6. The Morgan fingerprint density at radius 3 is 2.86 bits per heavy atom. The molecule has 1 aromatic rings. The van der Waals surface area contributed by atoms with Crippen molar-refractivity contribution in [1.29, 1.82) is 0 Å². The Morgan fingerprint density at radius 2 is 2.19 bits per heavy atom. The summed E-state index contributed by atoms with van der Waals surface area (Å²) < 4.78 is 0. The van der Waals surface area contributed by atoms with Gasteiger partial charge in [-0.1, -0.05) is 32.4 Å². The summed E-state index contributed by atoms with van der Waals surface area (Å²) in [7, 11) is 0. The third-order valence-corrected chi connectivity index (χ3v) is 4.05. The number of hydrogen-bond acceptors (Lipinski definition) is 4. The van der Waals surface area contributed by atoms with E-state index in [-0.39, 0.29) is 22.7 Å². The van der Waals surface area contributed by atoms with E-state index >= 15 is 0 Å². The van der Waals surface area contributed by atoms with Crippen LogP contribution in [-0.4, -0.2) is 29.0 Å². The van der Waals surface area contributed by atoms with Crippen molar-refractivity contribution in [3.63, 3.8) is 0 Å². The number of hydrogen-bond donors (Lipinski definition) is 1. The van der Waals surface area contributed by atoms with Gasteiger partial charge in [-0.3, -0.25) is 15.0 Å². The summed E-state index contributed by atoms with van der Waals surface area (Å²) in [5, 5.41) is 11.0. The van der Waals surface area contributed by atoms with E-state index in [4.69, 9.17) is 5.73 Å². The minimum absolute atomic E-state index is 0.0354. The topological polar surface area (TPSA) is 72.4 Å². The van der Waals surface area contributed by atoms with Crippen LogP contribution in [0.3, 0.4) is 0 Å². The monoisotopic (exact) mass is 291 g/mol. The average Bonchev–Trinajstić information content (AvgIpc) is 2.60. The molecule has 1 aromatic carbocycles. The highest BCUT2D eigenvalue weighted by Crippen LogP contribution is 2.31. The third kappa shape index (κ3) is 4.02. The molecule has 116 valence electrons. The van der Waals surface area contributed by atoms with Crippen molar-refractivity contribution in [3.8, 4) is 0 Å². The van der Waals surface area contributed by atoms with Crippen LogP contribution in [-0.2, 0) is 0 Å². The zero-order chi connectivity index (χ0) is 15.4. The van der Waals surface area contributed by atoms with E-state index in [9.17, 15) is 10.1 Å². The Morgan fingerprint density at radius 1 is 1.43 bits per heavy atom. The Hall–Kier alpha value is -1.46. The lowest BCUT2D eigenvalue weighted by Crippen LogP contribution is -2.41. The largest absolute Gasteiger partial charge is 0.326 e. The predicted molar refractivity (Wildman–Crippen MR) is 84.1 cm³/mol. The van der Waals surface area contributed by atoms with Crippen molar-refractivity contribution in [3.05, 3.63) is 39.9 Å². The second-order valence-electron chi connectivity index (χ2n) is 6.35. The number of nitrogens with two attached hydrogens (primary N) is 1. The zero-order valence-electron chi connectivity index (χ0n) is 12.9. The van der Waals surface area contributed by atoms with Crippen molar-refractivity contribution < 1.29 is 4.92 Å². The quantitative estimate of drug-likeness (QED) is 0.683. The molecule has 1 heterocycles. The van der Waals surface area contributed by atoms with Gasteiger partial charge >= 0.3 is 0 Å². The molecular weight excluding hydrogens is 266 g/mol. The van der Waals surface area contributed by atoms with Crippen LogP contribution < -0.4 is 5.73 Å². The summed E-state index contributed by atoms with van der Waals surface area (Å²) in [6.07, 6.45) is 3.25. The molecule has 0 saturated carbocycles. The number of rotatable bonds is 4. The van der Waals surface area contributed by atoms with Crippen molar-refractivity contribution in [2.75, 3.05) is 13.1 Å². The Kier molecular flexibility index (Phi) is 5.31. The van der Waals surface area contributed by atoms with Gasteiger partial charge in [0.05, 0.1) is 11.0 Å². The predicted octanol–water partition coefficient (Wildman–Crippen LogP) is 3.11. The second-order valence-corrected chi connectivity index (χ2v) is 6.35. The fraction of sp³-hybridized carbons (Fsp3) is 0.625. The van der Waals surface area contributed by atoms with Crippen LogP contribution in [0.2, 0.25) is 0 Å². The van der Waals surface area contributed by atoms with Gasteiger partial charge in [-0.15, -0.1) is 0 Å². The van der Waals surface area contributed by atoms with Crippen LogP contribution in [0.4, 0.5) is 5.69 Å². The van der Waals surface area contributed by atoms with E-state index in [0.29, 0.717) is 5.92 Å². The smallest absolute Gasteiger partial charge is 0.269 e. The van der Waals surface area contributed by atoms with E-state index in [1.165, 1.54) is 0 Å². The molecule has 1 fully saturated rings. The van der Waals surface area contributed by atoms with Crippen molar-refractivity contribution in [1.82, 2.24) is 4.90 Å². The number of benzene rings is 1. The average molecular weight is 291 g/mol. The summed E-state index contributed by atoms with van der Waals surface area (Å²) in [5.74, 6) is 0.552. The maximum atomic E-state index is 11.0. The van der Waals surface area contributed by atoms with E-state index in [2.05, 4.69) is 18.7 Å². The summed E-state index contributed by atoms with van der Waals surface area (Å²) in [5.41, 5.74) is 7.51. The molecule has 5 nitrogen and oxygen atoms in total. The normalized spacial score (nSPS) is 24.0. The van der Waals surface area contributed by atoms with Crippen LogP contribution in [0.5, 0.6) is 0 Å². The SMILES string of the molecule is CC(C)CN1CCCCC(N)C1c1cccc([N+](=O)[O-])c1. The number of non-ortho nitro benzene ring substituents is 1. The minimum Gasteiger partial charge on any atom is -0.326 e. The molecule has 1 saturated heterocycles. The maximum Gasteiger partial charge on any atom is 0.269 e. The molecule has 0 bridgehead atoms. The van der Waals surface area contributed by atoms with Gasteiger partial charge in [0, 0.05) is 24.7 Å². The highest BCUT2D eigenvalue weighted by molar-refractivity contribution is 5.36. The molecule has 0 aliphatic carbocycles. The molecule has 5 heteroatoms. The molecule has 1 aliphatic rings. The Labute approximate surface area is 126 Å². The van der Waals surface area contributed by atoms with Gasteiger partial charge in [-0.2, -0.15) is 0 Å². The van der Waals surface area contributed by atoms with Crippen molar-refractivity contribution in [2.45, 2.75) is 45.2 Å². The fourth-order valence-corrected chi connectivity index (χ4v) is 3.22. The molecule has 0 aromatic heterocycles. The number of likely N-dealkylation sites (tertiary alicyclic amines) is 1. The Bertz CT molecular complexity index is 490. The first kappa shape index (κ1) is 15.9. The molecule has 2 N–H and O–H groups in total. The first-order valence-electron chi connectivity index (χ1n) is 7.73. The summed E-state index contributed by atoms with van der Waals surface area (Å²) in [4.78, 5) is 13.1. The molecule has 2 rings (SSSR count). The molecule has 0 amide bonds. The van der Waals surface area contributed by atoms with E-state index in [1.807, 2.05) is 6.07 Å². The molecule has 0 radical (unpaired) electrons. The Balaban J connectivity index is 2.33. The van der Waals surface area contributed by atoms with Gasteiger partial charge in [0.1, 0.15) is 0 Å². The number of nitrogens with zero attached hydrogens (tertiary/aromatic N) is 2. The number of nitro benzene ring substituents is 1. The van der Waals surface area contributed by atoms with Gasteiger partial charge in [-0.05, 0) is 30.9 Å². The second kappa shape index (κ2) is 7.00. The zero-order valence-corrected chi connectivity index (χ0v) is 12.9.